The highest BCUT2D eigenvalue weighted by molar-refractivity contribution is 6.29. The molecule has 0 aliphatic carbocycles. The van der Waals surface area contributed by atoms with Crippen molar-refractivity contribution in [3.63, 3.8) is 0 Å². The Bertz CT molecular complexity index is 465. The zero-order chi connectivity index (χ0) is 13.5. The SMILES string of the molecule is C#CCN(CCC)C(=O)c1cc(Cl)nc(CC)c1. The third-order valence-corrected chi connectivity index (χ3v) is 2.71. The van der Waals surface area contributed by atoms with Crippen molar-refractivity contribution in [1.29, 1.82) is 0 Å². The van der Waals surface area contributed by atoms with Gasteiger partial charge in [-0.25, -0.2) is 4.98 Å². The number of carbonyl (C=O) groups excluding carboxylic acids is 1. The maximum atomic E-state index is 12.3. The second-order valence-electron chi connectivity index (χ2n) is 3.95. The molecule has 0 N–H and O–H groups in total. The molecular formula is C14H17ClN2O. The van der Waals surface area contributed by atoms with E-state index in [4.69, 9.17) is 18.0 Å². The molecule has 0 atom stereocenters. The third-order valence-electron chi connectivity index (χ3n) is 2.52. The third kappa shape index (κ3) is 3.75. The Morgan fingerprint density at radius 1 is 1.50 bits per heavy atom. The van der Waals surface area contributed by atoms with E-state index in [0.717, 1.165) is 18.5 Å². The van der Waals surface area contributed by atoms with Crippen molar-refractivity contribution in [2.45, 2.75) is 26.7 Å². The van der Waals surface area contributed by atoms with Gasteiger partial charge in [-0.15, -0.1) is 6.42 Å². The highest BCUT2D eigenvalue weighted by Gasteiger charge is 2.15. The quantitative estimate of drug-likeness (QED) is 0.605. The Morgan fingerprint density at radius 3 is 2.78 bits per heavy atom. The molecule has 0 unspecified atom stereocenters. The lowest BCUT2D eigenvalue weighted by Crippen LogP contribution is -2.32. The van der Waals surface area contributed by atoms with E-state index >= 15 is 0 Å². The van der Waals surface area contributed by atoms with Gasteiger partial charge in [-0.2, -0.15) is 0 Å². The number of terminal acetylenes is 1. The predicted molar refractivity (Wildman–Crippen MR) is 73.7 cm³/mol. The molecule has 0 saturated heterocycles. The number of nitrogens with zero attached hydrogens (tertiary/aromatic N) is 2. The van der Waals surface area contributed by atoms with E-state index in [9.17, 15) is 4.79 Å². The summed E-state index contributed by atoms with van der Waals surface area (Å²) in [7, 11) is 0. The fourth-order valence-electron chi connectivity index (χ4n) is 1.67. The molecule has 96 valence electrons. The second-order valence-corrected chi connectivity index (χ2v) is 4.34. The van der Waals surface area contributed by atoms with E-state index in [2.05, 4.69) is 10.9 Å². The topological polar surface area (TPSA) is 33.2 Å². The Kier molecular flexibility index (Phi) is 5.67. The molecule has 1 aromatic heterocycles. The molecule has 18 heavy (non-hydrogen) atoms. The zero-order valence-corrected chi connectivity index (χ0v) is 11.5. The molecule has 0 bridgehead atoms. The Labute approximate surface area is 113 Å². The summed E-state index contributed by atoms with van der Waals surface area (Å²) in [5.41, 5.74) is 1.36. The van der Waals surface area contributed by atoms with Gasteiger partial charge >= 0.3 is 0 Å². The average molecular weight is 265 g/mol. The number of hydrogen-bond acceptors (Lipinski definition) is 2. The van der Waals surface area contributed by atoms with Gasteiger partial charge in [0.25, 0.3) is 5.91 Å². The smallest absolute Gasteiger partial charge is 0.254 e. The number of halogens is 1. The van der Waals surface area contributed by atoms with Crippen molar-refractivity contribution >= 4 is 17.5 Å². The van der Waals surface area contributed by atoms with Crippen LogP contribution in [0.3, 0.4) is 0 Å². The van der Waals surface area contributed by atoms with E-state index in [1.807, 2.05) is 13.8 Å². The van der Waals surface area contributed by atoms with E-state index < -0.39 is 0 Å². The van der Waals surface area contributed by atoms with E-state index in [1.165, 1.54) is 0 Å². The normalized spacial score (nSPS) is 9.89. The van der Waals surface area contributed by atoms with Crippen LogP contribution in [0.2, 0.25) is 5.15 Å². The van der Waals surface area contributed by atoms with Crippen LogP contribution in [0, 0.1) is 12.3 Å². The summed E-state index contributed by atoms with van der Waals surface area (Å²) >= 11 is 5.91. The molecule has 3 nitrogen and oxygen atoms in total. The summed E-state index contributed by atoms with van der Waals surface area (Å²) in [6.07, 6.45) is 6.89. The fourth-order valence-corrected chi connectivity index (χ4v) is 1.90. The summed E-state index contributed by atoms with van der Waals surface area (Å²) in [5, 5.41) is 0.342. The van der Waals surface area contributed by atoms with Crippen LogP contribution in [-0.2, 0) is 6.42 Å². The summed E-state index contributed by atoms with van der Waals surface area (Å²) in [6, 6.07) is 3.36. The molecule has 0 aliphatic rings. The van der Waals surface area contributed by atoms with Crippen molar-refractivity contribution in [2.75, 3.05) is 13.1 Å². The van der Waals surface area contributed by atoms with Gasteiger partial charge in [0.15, 0.2) is 0 Å². The summed E-state index contributed by atoms with van der Waals surface area (Å²) in [4.78, 5) is 18.1. The number of rotatable bonds is 5. The van der Waals surface area contributed by atoms with Crippen LogP contribution in [0.25, 0.3) is 0 Å². The maximum absolute atomic E-state index is 12.3. The van der Waals surface area contributed by atoms with Gasteiger partial charge in [-0.05, 0) is 25.0 Å². The Morgan fingerprint density at radius 2 is 2.22 bits per heavy atom. The Balaban J connectivity index is 3.00. The van der Waals surface area contributed by atoms with E-state index in [1.54, 1.807) is 17.0 Å². The van der Waals surface area contributed by atoms with Crippen LogP contribution in [0.1, 0.15) is 36.3 Å². The Hall–Kier alpha value is -1.53. The number of amides is 1. The summed E-state index contributed by atoms with van der Waals surface area (Å²) < 4.78 is 0. The lowest BCUT2D eigenvalue weighted by molar-refractivity contribution is 0.0776. The first kappa shape index (κ1) is 14.5. The number of hydrogen-bond donors (Lipinski definition) is 0. The molecule has 1 amide bonds. The minimum absolute atomic E-state index is 0.0891. The highest BCUT2D eigenvalue weighted by Crippen LogP contribution is 2.14. The van der Waals surface area contributed by atoms with Crippen molar-refractivity contribution in [3.05, 3.63) is 28.5 Å². The van der Waals surface area contributed by atoms with Gasteiger partial charge in [0.2, 0.25) is 0 Å². The molecule has 0 saturated carbocycles. The van der Waals surface area contributed by atoms with Crippen LogP contribution >= 0.6 is 11.6 Å². The number of pyridine rings is 1. The standard InChI is InChI=1S/C14H17ClN2O/c1-4-7-17(8-5-2)14(18)11-9-12(6-3)16-13(15)10-11/h1,9-10H,5-8H2,2-3H3. The van der Waals surface area contributed by atoms with Crippen molar-refractivity contribution in [3.8, 4) is 12.3 Å². The molecule has 1 heterocycles. The fraction of sp³-hybridized carbons (Fsp3) is 0.429. The molecule has 0 fully saturated rings. The predicted octanol–water partition coefficient (Wildman–Crippen LogP) is 2.78. The van der Waals surface area contributed by atoms with Gasteiger partial charge in [0.05, 0.1) is 6.54 Å². The first-order valence-electron chi connectivity index (χ1n) is 6.01. The second kappa shape index (κ2) is 7.03. The van der Waals surface area contributed by atoms with E-state index in [-0.39, 0.29) is 5.91 Å². The van der Waals surface area contributed by atoms with Gasteiger partial charge in [0, 0.05) is 17.8 Å². The van der Waals surface area contributed by atoms with Crippen molar-refractivity contribution < 1.29 is 4.79 Å². The molecular weight excluding hydrogens is 248 g/mol. The monoisotopic (exact) mass is 264 g/mol. The van der Waals surface area contributed by atoms with E-state index in [0.29, 0.717) is 23.8 Å². The maximum Gasteiger partial charge on any atom is 0.254 e. The first-order chi connectivity index (χ1) is 8.62. The summed E-state index contributed by atoms with van der Waals surface area (Å²) in [6.45, 7) is 4.93. The summed E-state index contributed by atoms with van der Waals surface area (Å²) in [5.74, 6) is 2.41. The molecule has 0 aliphatic heterocycles. The molecule has 0 radical (unpaired) electrons. The van der Waals surface area contributed by atoms with Crippen LogP contribution in [-0.4, -0.2) is 28.9 Å². The molecule has 1 rings (SSSR count). The lowest BCUT2D eigenvalue weighted by Gasteiger charge is -2.19. The van der Waals surface area contributed by atoms with Gasteiger partial charge in [-0.1, -0.05) is 31.4 Å². The molecule has 4 heteroatoms. The molecule has 0 aromatic carbocycles. The average Bonchev–Trinajstić information content (AvgIpc) is 2.36. The number of aryl methyl sites for hydroxylation is 1. The largest absolute Gasteiger partial charge is 0.328 e. The van der Waals surface area contributed by atoms with Crippen LogP contribution in [0.5, 0.6) is 0 Å². The highest BCUT2D eigenvalue weighted by atomic mass is 35.5. The van der Waals surface area contributed by atoms with Gasteiger partial charge in [0.1, 0.15) is 5.15 Å². The van der Waals surface area contributed by atoms with Gasteiger partial charge < -0.3 is 4.90 Å². The minimum Gasteiger partial charge on any atom is -0.328 e. The zero-order valence-electron chi connectivity index (χ0n) is 10.7. The lowest BCUT2D eigenvalue weighted by atomic mass is 10.1. The van der Waals surface area contributed by atoms with Crippen LogP contribution in [0.4, 0.5) is 0 Å². The van der Waals surface area contributed by atoms with Crippen molar-refractivity contribution in [1.82, 2.24) is 9.88 Å². The van der Waals surface area contributed by atoms with Crippen molar-refractivity contribution in [2.24, 2.45) is 0 Å². The minimum atomic E-state index is -0.0891. The molecule has 0 spiro atoms. The number of aromatic nitrogens is 1. The van der Waals surface area contributed by atoms with Crippen LogP contribution in [0.15, 0.2) is 12.1 Å². The molecule has 1 aromatic rings. The van der Waals surface area contributed by atoms with Crippen LogP contribution < -0.4 is 0 Å². The van der Waals surface area contributed by atoms with Gasteiger partial charge in [-0.3, -0.25) is 4.79 Å². The number of carbonyl (C=O) groups is 1. The first-order valence-corrected chi connectivity index (χ1v) is 6.39.